The summed E-state index contributed by atoms with van der Waals surface area (Å²) in [4.78, 5) is 28.3. The van der Waals surface area contributed by atoms with Gasteiger partial charge in [-0.3, -0.25) is 9.69 Å². The first-order chi connectivity index (χ1) is 13.0. The topological polar surface area (TPSA) is 99.7 Å². The summed E-state index contributed by atoms with van der Waals surface area (Å²) < 4.78 is 5.70. The summed E-state index contributed by atoms with van der Waals surface area (Å²) in [5, 5.41) is 7.52. The van der Waals surface area contributed by atoms with E-state index in [0.29, 0.717) is 29.1 Å². The number of allylic oxidation sites excluding steroid dienone is 1. The van der Waals surface area contributed by atoms with E-state index in [2.05, 4.69) is 0 Å². The van der Waals surface area contributed by atoms with Crippen molar-refractivity contribution in [1.82, 2.24) is 0 Å². The van der Waals surface area contributed by atoms with E-state index < -0.39 is 0 Å². The molecule has 27 heavy (non-hydrogen) atoms. The number of fused-ring (bicyclic) bond motifs is 1. The summed E-state index contributed by atoms with van der Waals surface area (Å²) in [6, 6.07) is 5.22. The summed E-state index contributed by atoms with van der Waals surface area (Å²) in [7, 11) is 0. The normalized spacial score (nSPS) is 20.4. The molecule has 7 nitrogen and oxygen atoms in total. The van der Waals surface area contributed by atoms with Crippen molar-refractivity contribution in [2.75, 3.05) is 16.3 Å². The first-order valence-electron chi connectivity index (χ1n) is 9.31. The molecule has 1 aliphatic carbocycles. The van der Waals surface area contributed by atoms with E-state index in [1.807, 2.05) is 6.92 Å². The number of hydrogen-bond acceptors (Lipinski definition) is 5. The number of nitrogens with zero attached hydrogens (tertiary/aromatic N) is 2. The standard InChI is InChI=1S/C20H26N4O3/c1-13-12-23(20(26)27-17-5-3-4-6-17)19-9-15(16(10-21)11-22)7-8-18(19)24(13)14(2)25/h7-11,13,17,21H,3-6,12,22H2,1-2H3/b16-11+,21-10?. The molecule has 1 fully saturated rings. The average Bonchev–Trinajstić information content (AvgIpc) is 3.14. The lowest BCUT2D eigenvalue weighted by Crippen LogP contribution is -2.51. The van der Waals surface area contributed by atoms with Crippen molar-refractivity contribution in [1.29, 1.82) is 5.41 Å². The monoisotopic (exact) mass is 370 g/mol. The molecule has 1 aliphatic heterocycles. The maximum absolute atomic E-state index is 12.9. The Balaban J connectivity index is 2.01. The maximum Gasteiger partial charge on any atom is 0.414 e. The van der Waals surface area contributed by atoms with Crippen LogP contribution in [0.1, 0.15) is 45.1 Å². The van der Waals surface area contributed by atoms with Crippen LogP contribution < -0.4 is 15.5 Å². The number of nitrogens with two attached hydrogens (primary N) is 1. The Morgan fingerprint density at radius 2 is 1.96 bits per heavy atom. The molecule has 1 heterocycles. The Labute approximate surface area is 159 Å². The van der Waals surface area contributed by atoms with Gasteiger partial charge in [0.05, 0.1) is 17.4 Å². The Hall–Kier alpha value is -2.83. The molecule has 1 atom stereocenters. The molecule has 1 aromatic carbocycles. The van der Waals surface area contributed by atoms with E-state index in [1.54, 1.807) is 28.0 Å². The van der Waals surface area contributed by atoms with Crippen molar-refractivity contribution in [2.45, 2.75) is 51.7 Å². The van der Waals surface area contributed by atoms with Gasteiger partial charge in [-0.05, 0) is 50.3 Å². The average molecular weight is 370 g/mol. The molecule has 3 N–H and O–H groups in total. The Morgan fingerprint density at radius 3 is 2.56 bits per heavy atom. The molecular weight excluding hydrogens is 344 g/mol. The second-order valence-corrected chi connectivity index (χ2v) is 7.11. The van der Waals surface area contributed by atoms with Crippen LogP contribution in [0.15, 0.2) is 24.4 Å². The van der Waals surface area contributed by atoms with Gasteiger partial charge in [0, 0.05) is 31.5 Å². The number of rotatable bonds is 3. The fourth-order valence-corrected chi connectivity index (χ4v) is 3.90. The predicted molar refractivity (Wildman–Crippen MR) is 106 cm³/mol. The fourth-order valence-electron chi connectivity index (χ4n) is 3.90. The van der Waals surface area contributed by atoms with Crippen LogP contribution in [0.4, 0.5) is 16.2 Å². The molecule has 2 aliphatic rings. The van der Waals surface area contributed by atoms with Gasteiger partial charge in [-0.25, -0.2) is 4.79 Å². The smallest absolute Gasteiger partial charge is 0.414 e. The second kappa shape index (κ2) is 7.82. The predicted octanol–water partition coefficient (Wildman–Crippen LogP) is 3.28. The summed E-state index contributed by atoms with van der Waals surface area (Å²) in [6.07, 6.45) is 6.05. The molecule has 0 spiro atoms. The number of hydrogen-bond donors (Lipinski definition) is 2. The molecule has 144 valence electrons. The molecule has 0 saturated heterocycles. The zero-order valence-electron chi connectivity index (χ0n) is 15.8. The van der Waals surface area contributed by atoms with Gasteiger partial charge in [-0.15, -0.1) is 0 Å². The Bertz CT molecular complexity index is 783. The number of ether oxygens (including phenoxy) is 1. The van der Waals surface area contributed by atoms with Crippen molar-refractivity contribution in [3.05, 3.63) is 30.0 Å². The summed E-state index contributed by atoms with van der Waals surface area (Å²) >= 11 is 0. The third-order valence-electron chi connectivity index (χ3n) is 5.21. The third-order valence-corrected chi connectivity index (χ3v) is 5.21. The Morgan fingerprint density at radius 1 is 1.26 bits per heavy atom. The van der Waals surface area contributed by atoms with Gasteiger partial charge in [0.1, 0.15) is 6.10 Å². The van der Waals surface area contributed by atoms with Gasteiger partial charge in [0.2, 0.25) is 5.91 Å². The first kappa shape index (κ1) is 18.9. The van der Waals surface area contributed by atoms with E-state index in [0.717, 1.165) is 31.9 Å². The highest BCUT2D eigenvalue weighted by Crippen LogP contribution is 2.38. The number of carbonyl (C=O) groups excluding carboxylic acids is 2. The minimum atomic E-state index is -0.386. The molecule has 1 saturated carbocycles. The highest BCUT2D eigenvalue weighted by Gasteiger charge is 2.35. The van der Waals surface area contributed by atoms with Crippen molar-refractivity contribution in [3.8, 4) is 0 Å². The number of amides is 2. The first-order valence-corrected chi connectivity index (χ1v) is 9.31. The van der Waals surface area contributed by atoms with E-state index in [1.165, 1.54) is 13.1 Å². The molecule has 7 heteroatoms. The van der Waals surface area contributed by atoms with Gasteiger partial charge in [0.15, 0.2) is 0 Å². The summed E-state index contributed by atoms with van der Waals surface area (Å²) in [6.45, 7) is 3.79. The van der Waals surface area contributed by atoms with Gasteiger partial charge < -0.3 is 20.8 Å². The fraction of sp³-hybridized carbons (Fsp3) is 0.450. The van der Waals surface area contributed by atoms with Crippen LogP contribution in [0.2, 0.25) is 0 Å². The van der Waals surface area contributed by atoms with Crippen molar-refractivity contribution >= 4 is 35.2 Å². The summed E-state index contributed by atoms with van der Waals surface area (Å²) in [5.41, 5.74) is 8.12. The van der Waals surface area contributed by atoms with Gasteiger partial charge >= 0.3 is 6.09 Å². The SMILES string of the molecule is CC(=O)N1c2ccc(/C(C=N)=C/N)cc2N(C(=O)OC2CCCC2)CC1C. The Kier molecular flexibility index (Phi) is 5.48. The lowest BCUT2D eigenvalue weighted by Gasteiger charge is -2.40. The van der Waals surface area contributed by atoms with Crippen molar-refractivity contribution in [2.24, 2.45) is 5.73 Å². The number of anilines is 2. The molecular formula is C20H26N4O3. The quantitative estimate of drug-likeness (QED) is 0.798. The van der Waals surface area contributed by atoms with Crippen LogP contribution in [0.3, 0.4) is 0 Å². The van der Waals surface area contributed by atoms with Crippen LogP contribution in [0.5, 0.6) is 0 Å². The lowest BCUT2D eigenvalue weighted by atomic mass is 10.0. The minimum absolute atomic E-state index is 0.0358. The molecule has 0 radical (unpaired) electrons. The van der Waals surface area contributed by atoms with Crippen LogP contribution in [-0.4, -0.2) is 36.9 Å². The van der Waals surface area contributed by atoms with Gasteiger partial charge in [-0.1, -0.05) is 6.07 Å². The van der Waals surface area contributed by atoms with Crippen LogP contribution in [0, 0.1) is 5.41 Å². The van der Waals surface area contributed by atoms with E-state index in [-0.39, 0.29) is 24.1 Å². The van der Waals surface area contributed by atoms with Crippen LogP contribution in [-0.2, 0) is 9.53 Å². The zero-order chi connectivity index (χ0) is 19.6. The van der Waals surface area contributed by atoms with Crippen molar-refractivity contribution in [3.63, 3.8) is 0 Å². The largest absolute Gasteiger partial charge is 0.446 e. The maximum atomic E-state index is 12.9. The lowest BCUT2D eigenvalue weighted by molar-refractivity contribution is -0.117. The molecule has 2 amide bonds. The zero-order valence-corrected chi connectivity index (χ0v) is 15.8. The third kappa shape index (κ3) is 3.67. The highest BCUT2D eigenvalue weighted by atomic mass is 16.6. The number of benzene rings is 1. The van der Waals surface area contributed by atoms with Gasteiger partial charge in [0.25, 0.3) is 0 Å². The summed E-state index contributed by atoms with van der Waals surface area (Å²) in [5.74, 6) is -0.0815. The van der Waals surface area contributed by atoms with Crippen LogP contribution in [0.25, 0.3) is 5.57 Å². The minimum Gasteiger partial charge on any atom is -0.446 e. The highest BCUT2D eigenvalue weighted by molar-refractivity contribution is 6.10. The molecule has 3 rings (SSSR count). The van der Waals surface area contributed by atoms with E-state index >= 15 is 0 Å². The molecule has 0 aromatic heterocycles. The van der Waals surface area contributed by atoms with Gasteiger partial charge in [-0.2, -0.15) is 0 Å². The van der Waals surface area contributed by atoms with Crippen molar-refractivity contribution < 1.29 is 14.3 Å². The van der Waals surface area contributed by atoms with Crippen LogP contribution >= 0.6 is 0 Å². The molecule has 1 aromatic rings. The molecule has 0 bridgehead atoms. The number of nitrogens with one attached hydrogen (secondary N) is 1. The second-order valence-electron chi connectivity index (χ2n) is 7.11. The number of carbonyl (C=O) groups is 2. The van der Waals surface area contributed by atoms with E-state index in [4.69, 9.17) is 15.9 Å². The molecule has 1 unspecified atom stereocenters. The van der Waals surface area contributed by atoms with E-state index in [9.17, 15) is 9.59 Å².